The van der Waals surface area contributed by atoms with Crippen molar-refractivity contribution in [3.05, 3.63) is 86.1 Å². The number of carbonyl (C=O) groups excluding carboxylic acids is 2. The quantitative estimate of drug-likeness (QED) is 0.334. The normalized spacial score (nSPS) is 10.4. The third-order valence-electron chi connectivity index (χ3n) is 3.56. The Morgan fingerprint density at radius 1 is 1.14 bits per heavy atom. The molecular weight excluding hydrogens is 384 g/mol. The van der Waals surface area contributed by atoms with Crippen LogP contribution in [-0.4, -0.2) is 23.0 Å². The largest absolute Gasteiger partial charge is 0.317 e. The summed E-state index contributed by atoms with van der Waals surface area (Å²) in [5, 5.41) is 17.4. The van der Waals surface area contributed by atoms with Gasteiger partial charge >= 0.3 is 0 Å². The summed E-state index contributed by atoms with van der Waals surface area (Å²) < 4.78 is 0. The first-order valence-electron chi connectivity index (χ1n) is 8.11. The van der Waals surface area contributed by atoms with Crippen molar-refractivity contribution in [1.82, 2.24) is 10.7 Å². The minimum absolute atomic E-state index is 0.0520. The van der Waals surface area contributed by atoms with E-state index in [4.69, 9.17) is 11.6 Å². The summed E-state index contributed by atoms with van der Waals surface area (Å²) in [5.41, 5.74) is 3.42. The molecule has 9 heteroatoms. The molecule has 2 aromatic rings. The van der Waals surface area contributed by atoms with Gasteiger partial charge in [-0.1, -0.05) is 29.8 Å². The van der Waals surface area contributed by atoms with Gasteiger partial charge in [-0.25, -0.2) is 5.43 Å². The highest BCUT2D eigenvalue weighted by Gasteiger charge is 2.15. The Labute approximate surface area is 166 Å². The van der Waals surface area contributed by atoms with E-state index in [-0.39, 0.29) is 22.0 Å². The molecule has 2 aromatic carbocycles. The van der Waals surface area contributed by atoms with Gasteiger partial charge in [-0.2, -0.15) is 5.10 Å². The van der Waals surface area contributed by atoms with Crippen LogP contribution in [-0.2, 0) is 4.79 Å². The number of amides is 2. The lowest BCUT2D eigenvalue weighted by Crippen LogP contribution is -2.33. The number of rotatable bonds is 6. The van der Waals surface area contributed by atoms with Gasteiger partial charge in [-0.3, -0.25) is 19.7 Å². The summed E-state index contributed by atoms with van der Waals surface area (Å²) >= 11 is 5.97. The minimum Gasteiger partial charge on any atom is -0.317 e. The fraction of sp³-hybridized carbons (Fsp3) is 0.105. The van der Waals surface area contributed by atoms with Crippen molar-refractivity contribution in [2.45, 2.75) is 13.8 Å². The Morgan fingerprint density at radius 2 is 1.82 bits per heavy atom. The average molecular weight is 401 g/mol. The number of non-ortho nitro benzene ring substituents is 1. The second-order valence-corrected chi connectivity index (χ2v) is 6.26. The molecule has 0 aliphatic heterocycles. The van der Waals surface area contributed by atoms with E-state index in [0.29, 0.717) is 11.1 Å². The van der Waals surface area contributed by atoms with Crippen LogP contribution in [0, 0.1) is 10.1 Å². The molecule has 2 rings (SSSR count). The van der Waals surface area contributed by atoms with Crippen molar-refractivity contribution in [3.8, 4) is 0 Å². The molecule has 0 aromatic heterocycles. The SMILES string of the molecule is CC(C)=C(NC(=O)c1ccccc1)C(=O)N/N=C/c1cc([N+](=O)[O-])ccc1Cl. The van der Waals surface area contributed by atoms with Gasteiger partial charge in [0.1, 0.15) is 5.70 Å². The summed E-state index contributed by atoms with van der Waals surface area (Å²) in [4.78, 5) is 34.9. The number of nitrogens with one attached hydrogen (secondary N) is 2. The van der Waals surface area contributed by atoms with Gasteiger partial charge in [0.2, 0.25) is 0 Å². The van der Waals surface area contributed by atoms with Gasteiger partial charge in [-0.15, -0.1) is 0 Å². The van der Waals surface area contributed by atoms with Crippen molar-refractivity contribution >= 4 is 35.3 Å². The number of nitro groups is 1. The number of carbonyl (C=O) groups is 2. The van der Waals surface area contributed by atoms with Crippen LogP contribution in [0.4, 0.5) is 5.69 Å². The lowest BCUT2D eigenvalue weighted by molar-refractivity contribution is -0.384. The average Bonchev–Trinajstić information content (AvgIpc) is 2.67. The summed E-state index contributed by atoms with van der Waals surface area (Å²) in [5.74, 6) is -1.07. The van der Waals surface area contributed by atoms with Crippen LogP contribution in [0.1, 0.15) is 29.8 Å². The molecule has 28 heavy (non-hydrogen) atoms. The molecule has 144 valence electrons. The molecule has 2 amide bonds. The molecule has 0 spiro atoms. The highest BCUT2D eigenvalue weighted by Crippen LogP contribution is 2.20. The fourth-order valence-electron chi connectivity index (χ4n) is 2.14. The summed E-state index contributed by atoms with van der Waals surface area (Å²) in [6, 6.07) is 12.3. The standard InChI is InChI=1S/C19H17ClN4O4/c1-12(2)17(22-18(25)13-6-4-3-5-7-13)19(26)23-21-11-14-10-15(24(27)28)8-9-16(14)20/h3-11H,1-2H3,(H,22,25)(H,23,26)/b21-11+. The summed E-state index contributed by atoms with van der Waals surface area (Å²) in [6.07, 6.45) is 1.19. The molecule has 8 nitrogen and oxygen atoms in total. The second-order valence-electron chi connectivity index (χ2n) is 5.86. The molecule has 2 N–H and O–H groups in total. The summed E-state index contributed by atoms with van der Waals surface area (Å²) in [6.45, 7) is 3.34. The smallest absolute Gasteiger partial charge is 0.287 e. The van der Waals surface area contributed by atoms with Crippen molar-refractivity contribution in [1.29, 1.82) is 0 Å². The third kappa shape index (κ3) is 5.49. The van der Waals surface area contributed by atoms with Gasteiger partial charge in [-0.05, 0) is 37.6 Å². The van der Waals surface area contributed by atoms with Gasteiger partial charge in [0.05, 0.1) is 11.1 Å². The van der Waals surface area contributed by atoms with Crippen LogP contribution in [0.3, 0.4) is 0 Å². The van der Waals surface area contributed by atoms with E-state index >= 15 is 0 Å². The number of allylic oxidation sites excluding steroid dienone is 1. The number of nitrogens with zero attached hydrogens (tertiary/aromatic N) is 2. The Bertz CT molecular complexity index is 967. The lowest BCUT2D eigenvalue weighted by atomic mass is 10.2. The Morgan fingerprint density at radius 3 is 2.43 bits per heavy atom. The van der Waals surface area contributed by atoms with E-state index in [0.717, 1.165) is 0 Å². The van der Waals surface area contributed by atoms with Crippen molar-refractivity contribution in [3.63, 3.8) is 0 Å². The van der Waals surface area contributed by atoms with Crippen LogP contribution in [0.5, 0.6) is 0 Å². The topological polar surface area (TPSA) is 114 Å². The van der Waals surface area contributed by atoms with Gasteiger partial charge in [0.15, 0.2) is 0 Å². The van der Waals surface area contributed by atoms with E-state index in [9.17, 15) is 19.7 Å². The van der Waals surface area contributed by atoms with E-state index in [2.05, 4.69) is 15.8 Å². The van der Waals surface area contributed by atoms with Gasteiger partial charge in [0.25, 0.3) is 17.5 Å². The molecule has 0 aliphatic rings. The van der Waals surface area contributed by atoms with Crippen molar-refractivity contribution < 1.29 is 14.5 Å². The van der Waals surface area contributed by atoms with Crippen LogP contribution in [0.15, 0.2) is 64.9 Å². The van der Waals surface area contributed by atoms with Crippen LogP contribution in [0.2, 0.25) is 5.02 Å². The molecule has 0 unspecified atom stereocenters. The van der Waals surface area contributed by atoms with E-state index < -0.39 is 16.7 Å². The maximum Gasteiger partial charge on any atom is 0.287 e. The molecular formula is C19H17ClN4O4. The van der Waals surface area contributed by atoms with Gasteiger partial charge < -0.3 is 5.32 Å². The number of halogens is 1. The maximum absolute atomic E-state index is 12.4. The van der Waals surface area contributed by atoms with Gasteiger partial charge in [0, 0.05) is 28.3 Å². The zero-order valence-electron chi connectivity index (χ0n) is 15.1. The molecule has 0 radical (unpaired) electrons. The highest BCUT2D eigenvalue weighted by atomic mass is 35.5. The molecule has 0 saturated carbocycles. The maximum atomic E-state index is 12.4. The number of nitro benzene ring substituents is 1. The Hall–Kier alpha value is -3.52. The summed E-state index contributed by atoms with van der Waals surface area (Å²) in [7, 11) is 0. The van der Waals surface area contributed by atoms with Crippen LogP contribution in [0.25, 0.3) is 0 Å². The first kappa shape index (κ1) is 20.8. The predicted molar refractivity (Wildman–Crippen MR) is 106 cm³/mol. The lowest BCUT2D eigenvalue weighted by Gasteiger charge is -2.10. The molecule has 0 atom stereocenters. The molecule has 0 heterocycles. The van der Waals surface area contributed by atoms with E-state index in [1.165, 1.54) is 24.4 Å². The predicted octanol–water partition coefficient (Wildman–Crippen LogP) is 3.42. The van der Waals surface area contributed by atoms with E-state index in [1.54, 1.807) is 44.2 Å². The monoisotopic (exact) mass is 400 g/mol. The number of benzene rings is 2. The molecule has 0 aliphatic carbocycles. The number of hydrogen-bond acceptors (Lipinski definition) is 5. The molecule has 0 bridgehead atoms. The number of hydrogen-bond donors (Lipinski definition) is 2. The van der Waals surface area contributed by atoms with Crippen molar-refractivity contribution in [2.24, 2.45) is 5.10 Å². The third-order valence-corrected chi connectivity index (χ3v) is 3.91. The second kappa shape index (κ2) is 9.43. The van der Waals surface area contributed by atoms with Crippen LogP contribution >= 0.6 is 11.6 Å². The highest BCUT2D eigenvalue weighted by molar-refractivity contribution is 6.33. The Kier molecular flexibility index (Phi) is 7.00. The molecule has 0 fully saturated rings. The van der Waals surface area contributed by atoms with E-state index in [1.807, 2.05) is 0 Å². The molecule has 0 saturated heterocycles. The number of hydrazone groups is 1. The minimum atomic E-state index is -0.637. The Balaban J connectivity index is 2.10. The zero-order valence-corrected chi connectivity index (χ0v) is 15.9. The van der Waals surface area contributed by atoms with Crippen LogP contribution < -0.4 is 10.7 Å². The first-order valence-corrected chi connectivity index (χ1v) is 8.48. The fourth-order valence-corrected chi connectivity index (χ4v) is 2.31. The first-order chi connectivity index (χ1) is 13.3. The van der Waals surface area contributed by atoms with Crippen molar-refractivity contribution in [2.75, 3.05) is 0 Å². The zero-order chi connectivity index (χ0) is 20.7.